The van der Waals surface area contributed by atoms with E-state index in [-0.39, 0.29) is 36.1 Å². The number of imide groups is 1. The van der Waals surface area contributed by atoms with Crippen molar-refractivity contribution in [3.8, 4) is 5.75 Å². The van der Waals surface area contributed by atoms with Crippen molar-refractivity contribution in [2.45, 2.75) is 70.4 Å². The van der Waals surface area contributed by atoms with Crippen LogP contribution in [-0.2, 0) is 19.2 Å². The predicted octanol–water partition coefficient (Wildman–Crippen LogP) is 2.82. The van der Waals surface area contributed by atoms with Crippen LogP contribution < -0.4 is 9.64 Å². The lowest BCUT2D eigenvalue weighted by Crippen LogP contribution is -2.49. The van der Waals surface area contributed by atoms with Gasteiger partial charge in [0.15, 0.2) is 0 Å². The van der Waals surface area contributed by atoms with Gasteiger partial charge in [-0.1, -0.05) is 19.3 Å². The molecule has 2 aliphatic carbocycles. The first kappa shape index (κ1) is 19.6. The van der Waals surface area contributed by atoms with Crippen LogP contribution in [0.5, 0.6) is 5.75 Å². The zero-order valence-electron chi connectivity index (χ0n) is 16.6. The molecule has 1 aromatic rings. The molecule has 0 spiro atoms. The first-order chi connectivity index (χ1) is 14.0. The Balaban J connectivity index is 1.53. The normalized spacial score (nSPS) is 22.7. The molecule has 3 amide bonds. The molecule has 1 aliphatic heterocycles. The number of nitrogens with zero attached hydrogens (tertiary/aromatic N) is 2. The van der Waals surface area contributed by atoms with Crippen molar-refractivity contribution >= 4 is 29.4 Å². The number of carbonyl (C=O) groups excluding carboxylic acids is 4. The number of carbonyl (C=O) groups is 4. The molecule has 3 fully saturated rings. The van der Waals surface area contributed by atoms with Crippen molar-refractivity contribution in [3.63, 3.8) is 0 Å². The number of anilines is 1. The largest absolute Gasteiger partial charge is 0.427 e. The highest BCUT2D eigenvalue weighted by Crippen LogP contribution is 2.37. The van der Waals surface area contributed by atoms with Crippen molar-refractivity contribution in [2.24, 2.45) is 5.92 Å². The van der Waals surface area contributed by atoms with E-state index in [4.69, 9.17) is 4.74 Å². The summed E-state index contributed by atoms with van der Waals surface area (Å²) in [5, 5.41) is 0. The van der Waals surface area contributed by atoms with Crippen LogP contribution in [0.15, 0.2) is 24.3 Å². The second-order valence-electron chi connectivity index (χ2n) is 8.19. The molecular weight excluding hydrogens is 372 g/mol. The Morgan fingerprint density at radius 2 is 1.66 bits per heavy atom. The maximum absolute atomic E-state index is 13.2. The quantitative estimate of drug-likeness (QED) is 0.433. The van der Waals surface area contributed by atoms with E-state index in [1.54, 1.807) is 29.2 Å². The maximum atomic E-state index is 13.2. The summed E-state index contributed by atoms with van der Waals surface area (Å²) in [5.74, 6) is -0.709. The molecule has 154 valence electrons. The van der Waals surface area contributed by atoms with Gasteiger partial charge in [-0.2, -0.15) is 0 Å². The van der Waals surface area contributed by atoms with E-state index in [2.05, 4.69) is 0 Å². The van der Waals surface area contributed by atoms with Gasteiger partial charge in [-0.15, -0.1) is 0 Å². The molecule has 7 heteroatoms. The van der Waals surface area contributed by atoms with Gasteiger partial charge in [0.25, 0.3) is 5.91 Å². The van der Waals surface area contributed by atoms with Gasteiger partial charge in [0.05, 0.1) is 12.1 Å². The number of hydrogen-bond acceptors (Lipinski definition) is 5. The molecule has 0 radical (unpaired) electrons. The van der Waals surface area contributed by atoms with E-state index >= 15 is 0 Å². The molecule has 3 aliphatic rings. The van der Waals surface area contributed by atoms with E-state index in [1.807, 2.05) is 0 Å². The summed E-state index contributed by atoms with van der Waals surface area (Å²) in [6.07, 6.45) is 6.82. The molecule has 1 aromatic carbocycles. The minimum atomic E-state index is -0.711. The number of amides is 3. The summed E-state index contributed by atoms with van der Waals surface area (Å²) in [6, 6.07) is 5.64. The summed E-state index contributed by atoms with van der Waals surface area (Å²) in [5.41, 5.74) is 0.430. The lowest BCUT2D eigenvalue weighted by molar-refractivity contribution is -0.143. The fourth-order valence-corrected chi connectivity index (χ4v) is 4.43. The summed E-state index contributed by atoms with van der Waals surface area (Å²) >= 11 is 0. The molecule has 4 rings (SSSR count). The SMILES string of the molecule is CC(=O)Oc1ccc(N2C(=O)CC(N(C(=O)C3CCCCC3)C3CC3)C2=O)cc1. The average Bonchev–Trinajstić information content (AvgIpc) is 3.49. The maximum Gasteiger partial charge on any atom is 0.308 e. The molecule has 1 unspecified atom stereocenters. The van der Waals surface area contributed by atoms with Crippen LogP contribution in [0.4, 0.5) is 5.69 Å². The van der Waals surface area contributed by atoms with Crippen molar-refractivity contribution in [3.05, 3.63) is 24.3 Å². The number of hydrogen-bond donors (Lipinski definition) is 0. The van der Waals surface area contributed by atoms with Gasteiger partial charge in [-0.3, -0.25) is 19.2 Å². The lowest BCUT2D eigenvalue weighted by atomic mass is 9.88. The van der Waals surface area contributed by atoms with E-state index in [9.17, 15) is 19.2 Å². The second-order valence-corrected chi connectivity index (χ2v) is 8.19. The molecule has 7 nitrogen and oxygen atoms in total. The van der Waals surface area contributed by atoms with Crippen LogP contribution in [0.2, 0.25) is 0 Å². The predicted molar refractivity (Wildman–Crippen MR) is 105 cm³/mol. The number of benzene rings is 1. The number of esters is 1. The summed E-state index contributed by atoms with van der Waals surface area (Å²) < 4.78 is 5.00. The van der Waals surface area contributed by atoms with Crippen LogP contribution in [0, 0.1) is 5.92 Å². The third-order valence-electron chi connectivity index (χ3n) is 5.96. The molecule has 2 saturated carbocycles. The first-order valence-corrected chi connectivity index (χ1v) is 10.4. The fourth-order valence-electron chi connectivity index (χ4n) is 4.43. The Bertz CT molecular complexity index is 824. The first-order valence-electron chi connectivity index (χ1n) is 10.4. The van der Waals surface area contributed by atoms with Gasteiger partial charge in [-0.25, -0.2) is 4.90 Å². The topological polar surface area (TPSA) is 84.0 Å². The van der Waals surface area contributed by atoms with Gasteiger partial charge < -0.3 is 9.64 Å². The van der Waals surface area contributed by atoms with Crippen LogP contribution in [0.3, 0.4) is 0 Å². The van der Waals surface area contributed by atoms with Gasteiger partial charge in [0.1, 0.15) is 11.8 Å². The van der Waals surface area contributed by atoms with E-state index in [0.29, 0.717) is 11.4 Å². The van der Waals surface area contributed by atoms with Crippen molar-refractivity contribution in [1.82, 2.24) is 4.90 Å². The zero-order valence-corrected chi connectivity index (χ0v) is 16.6. The van der Waals surface area contributed by atoms with E-state index in [0.717, 1.165) is 49.8 Å². The molecule has 29 heavy (non-hydrogen) atoms. The van der Waals surface area contributed by atoms with Crippen molar-refractivity contribution in [1.29, 1.82) is 0 Å². The zero-order chi connectivity index (χ0) is 20.5. The van der Waals surface area contributed by atoms with Crippen molar-refractivity contribution < 1.29 is 23.9 Å². The Morgan fingerprint density at radius 1 is 1.00 bits per heavy atom. The van der Waals surface area contributed by atoms with Gasteiger partial charge in [0, 0.05) is 18.9 Å². The molecule has 1 saturated heterocycles. The molecule has 1 atom stereocenters. The van der Waals surface area contributed by atoms with Crippen LogP contribution >= 0.6 is 0 Å². The highest BCUT2D eigenvalue weighted by atomic mass is 16.5. The minimum absolute atomic E-state index is 0.0238. The Morgan fingerprint density at radius 3 is 2.24 bits per heavy atom. The van der Waals surface area contributed by atoms with Crippen LogP contribution in [-0.4, -0.2) is 40.7 Å². The molecule has 0 bridgehead atoms. The average molecular weight is 398 g/mol. The van der Waals surface area contributed by atoms with E-state index in [1.165, 1.54) is 6.92 Å². The molecule has 0 aromatic heterocycles. The summed E-state index contributed by atoms with van der Waals surface area (Å²) in [6.45, 7) is 1.31. The Labute approximate surface area is 170 Å². The fraction of sp³-hybridized carbons (Fsp3) is 0.545. The number of rotatable bonds is 5. The van der Waals surface area contributed by atoms with Crippen LogP contribution in [0.25, 0.3) is 0 Å². The minimum Gasteiger partial charge on any atom is -0.427 e. The molecule has 1 heterocycles. The summed E-state index contributed by atoms with van der Waals surface area (Å²) in [4.78, 5) is 53.0. The highest BCUT2D eigenvalue weighted by molar-refractivity contribution is 6.23. The monoisotopic (exact) mass is 398 g/mol. The highest BCUT2D eigenvalue weighted by Gasteiger charge is 2.49. The third kappa shape index (κ3) is 4.04. The Kier molecular flexibility index (Phi) is 5.39. The van der Waals surface area contributed by atoms with E-state index < -0.39 is 12.0 Å². The Hall–Kier alpha value is -2.70. The van der Waals surface area contributed by atoms with Gasteiger partial charge >= 0.3 is 5.97 Å². The van der Waals surface area contributed by atoms with Gasteiger partial charge in [-0.05, 0) is 49.9 Å². The van der Waals surface area contributed by atoms with Crippen LogP contribution in [0.1, 0.15) is 58.3 Å². The second kappa shape index (κ2) is 7.97. The molecular formula is C22H26N2O5. The lowest BCUT2D eigenvalue weighted by Gasteiger charge is -2.32. The van der Waals surface area contributed by atoms with Gasteiger partial charge in [0.2, 0.25) is 11.8 Å². The summed E-state index contributed by atoms with van der Waals surface area (Å²) in [7, 11) is 0. The smallest absolute Gasteiger partial charge is 0.308 e. The molecule has 0 N–H and O–H groups in total. The number of ether oxygens (including phenoxy) is 1. The van der Waals surface area contributed by atoms with Crippen molar-refractivity contribution in [2.75, 3.05) is 4.90 Å². The standard InChI is InChI=1S/C22H26N2O5/c1-14(25)29-18-11-9-17(10-12-18)24-20(26)13-19(22(24)28)23(16-7-8-16)21(27)15-5-3-2-4-6-15/h9-12,15-16,19H,2-8,13H2,1H3. The third-order valence-corrected chi connectivity index (χ3v) is 5.96.